The first-order valence-corrected chi connectivity index (χ1v) is 8.20. The number of hydrogen-bond donors (Lipinski definition) is 0. The second kappa shape index (κ2) is 16.0. The topological polar surface area (TPSA) is 26.3 Å². The van der Waals surface area contributed by atoms with Crippen molar-refractivity contribution in [1.29, 1.82) is 0 Å². The van der Waals surface area contributed by atoms with Crippen LogP contribution in [0.2, 0.25) is 0 Å². The summed E-state index contributed by atoms with van der Waals surface area (Å²) in [7, 11) is 0. The van der Waals surface area contributed by atoms with Gasteiger partial charge in [0.2, 0.25) is 0 Å². The zero-order valence-corrected chi connectivity index (χ0v) is 13.4. The number of rotatable bonds is 13. The van der Waals surface area contributed by atoms with E-state index in [1.54, 1.807) is 0 Å². The lowest BCUT2D eigenvalue weighted by atomic mass is 10.1. The van der Waals surface area contributed by atoms with Gasteiger partial charge in [-0.25, -0.2) is 0 Å². The number of hydrogen-bond acceptors (Lipinski definition) is 2. The van der Waals surface area contributed by atoms with Crippen LogP contribution in [0.1, 0.15) is 78.1 Å². The Morgan fingerprint density at radius 2 is 1.35 bits per heavy atom. The minimum Gasteiger partial charge on any atom is -0.466 e. The lowest BCUT2D eigenvalue weighted by Crippen LogP contribution is -1.99. The Balaban J connectivity index is 3.16. The van der Waals surface area contributed by atoms with Crippen molar-refractivity contribution < 1.29 is 9.53 Å². The molecule has 0 saturated carbocycles. The van der Waals surface area contributed by atoms with Crippen molar-refractivity contribution in [2.24, 2.45) is 0 Å². The predicted molar refractivity (Wildman–Crippen MR) is 86.8 cm³/mol. The molecule has 0 rings (SSSR count). The molecule has 0 N–H and O–H groups in total. The largest absolute Gasteiger partial charge is 0.466 e. The van der Waals surface area contributed by atoms with Crippen LogP contribution in [-0.2, 0) is 9.53 Å². The summed E-state index contributed by atoms with van der Waals surface area (Å²) >= 11 is 0. The van der Waals surface area contributed by atoms with Gasteiger partial charge >= 0.3 is 5.97 Å². The maximum Gasteiger partial charge on any atom is 0.302 e. The van der Waals surface area contributed by atoms with Crippen molar-refractivity contribution in [2.45, 2.75) is 78.1 Å². The lowest BCUT2D eigenvalue weighted by molar-refractivity contribution is -0.141. The highest BCUT2D eigenvalue weighted by molar-refractivity contribution is 5.65. The number of carbonyl (C=O) groups is 1. The molecule has 2 nitrogen and oxygen atoms in total. The zero-order chi connectivity index (χ0) is 14.9. The van der Waals surface area contributed by atoms with Gasteiger partial charge in [0, 0.05) is 6.92 Å². The monoisotopic (exact) mass is 280 g/mol. The standard InChI is InChI=1S/C18H32O2/c1-3-4-5-6-7-8-9-10-11-12-13-14-15-16-17-20-18(2)19/h6-7,11-12H,3-5,8-10,13-17H2,1-2H3/b7-6-,12-11-. The smallest absolute Gasteiger partial charge is 0.302 e. The van der Waals surface area contributed by atoms with Gasteiger partial charge in [0.15, 0.2) is 0 Å². The Kier molecular flexibility index (Phi) is 15.2. The second-order valence-electron chi connectivity index (χ2n) is 5.21. The highest BCUT2D eigenvalue weighted by Crippen LogP contribution is 2.04. The molecule has 0 bridgehead atoms. The molecule has 0 radical (unpaired) electrons. The van der Waals surface area contributed by atoms with Gasteiger partial charge in [0.05, 0.1) is 6.61 Å². The van der Waals surface area contributed by atoms with Crippen molar-refractivity contribution in [3.8, 4) is 0 Å². The molecular weight excluding hydrogens is 248 g/mol. The van der Waals surface area contributed by atoms with Crippen molar-refractivity contribution in [1.82, 2.24) is 0 Å². The van der Waals surface area contributed by atoms with Crippen LogP contribution in [0, 0.1) is 0 Å². The fourth-order valence-electron chi connectivity index (χ4n) is 1.90. The van der Waals surface area contributed by atoms with Gasteiger partial charge < -0.3 is 4.74 Å². The summed E-state index contributed by atoms with van der Waals surface area (Å²) < 4.78 is 4.89. The van der Waals surface area contributed by atoms with Crippen LogP contribution < -0.4 is 0 Å². The predicted octanol–water partition coefficient (Wildman–Crippen LogP) is 5.58. The SMILES string of the molecule is CCCC/C=C\CCC/C=C\CCCCCOC(C)=O. The molecule has 0 atom stereocenters. The van der Waals surface area contributed by atoms with Crippen molar-refractivity contribution in [3.63, 3.8) is 0 Å². The molecule has 0 unspecified atom stereocenters. The van der Waals surface area contributed by atoms with Gasteiger partial charge in [0.25, 0.3) is 0 Å². The van der Waals surface area contributed by atoms with Crippen LogP contribution >= 0.6 is 0 Å². The zero-order valence-electron chi connectivity index (χ0n) is 13.4. The number of unbranched alkanes of at least 4 members (excludes halogenated alkanes) is 7. The van der Waals surface area contributed by atoms with E-state index in [2.05, 4.69) is 31.2 Å². The molecule has 0 aromatic heterocycles. The summed E-state index contributed by atoms with van der Waals surface area (Å²) in [6.45, 7) is 4.26. The van der Waals surface area contributed by atoms with Crippen LogP contribution in [0.5, 0.6) is 0 Å². The minimum absolute atomic E-state index is 0.173. The summed E-state index contributed by atoms with van der Waals surface area (Å²) in [4.78, 5) is 10.5. The highest BCUT2D eigenvalue weighted by atomic mass is 16.5. The average Bonchev–Trinajstić information content (AvgIpc) is 2.43. The molecule has 0 aromatic carbocycles. The van der Waals surface area contributed by atoms with Crippen molar-refractivity contribution in [2.75, 3.05) is 6.61 Å². The minimum atomic E-state index is -0.173. The van der Waals surface area contributed by atoms with Gasteiger partial charge in [0.1, 0.15) is 0 Å². The quantitative estimate of drug-likeness (QED) is 0.250. The number of carbonyl (C=O) groups excluding carboxylic acids is 1. The molecule has 0 aliphatic heterocycles. The Bertz CT molecular complexity index is 267. The molecule has 0 aromatic rings. The van der Waals surface area contributed by atoms with E-state index in [4.69, 9.17) is 4.74 Å². The third-order valence-corrected chi connectivity index (χ3v) is 3.12. The molecule has 116 valence electrons. The van der Waals surface area contributed by atoms with Crippen molar-refractivity contribution >= 4 is 5.97 Å². The average molecular weight is 280 g/mol. The van der Waals surface area contributed by atoms with Gasteiger partial charge in [-0.3, -0.25) is 4.79 Å². The Morgan fingerprint density at radius 3 is 1.90 bits per heavy atom. The number of ether oxygens (including phenoxy) is 1. The fraction of sp³-hybridized carbons (Fsp3) is 0.722. The number of esters is 1. The van der Waals surface area contributed by atoms with Gasteiger partial charge in [-0.1, -0.05) is 44.1 Å². The third kappa shape index (κ3) is 16.9. The molecule has 0 saturated heterocycles. The number of allylic oxidation sites excluding steroid dienone is 4. The maximum atomic E-state index is 10.5. The van der Waals surface area contributed by atoms with E-state index in [0.29, 0.717) is 6.61 Å². The fourth-order valence-corrected chi connectivity index (χ4v) is 1.90. The summed E-state index contributed by atoms with van der Waals surface area (Å²) in [5, 5.41) is 0. The van der Waals surface area contributed by atoms with Crippen LogP contribution in [0.15, 0.2) is 24.3 Å². The molecule has 20 heavy (non-hydrogen) atoms. The van der Waals surface area contributed by atoms with Crippen LogP contribution in [0.25, 0.3) is 0 Å². The van der Waals surface area contributed by atoms with E-state index < -0.39 is 0 Å². The van der Waals surface area contributed by atoms with Gasteiger partial charge in [-0.2, -0.15) is 0 Å². The van der Waals surface area contributed by atoms with E-state index in [1.165, 1.54) is 51.9 Å². The Labute approximate surface area is 125 Å². The molecule has 2 heteroatoms. The summed E-state index contributed by atoms with van der Waals surface area (Å²) in [6, 6.07) is 0. The molecule has 0 amide bonds. The van der Waals surface area contributed by atoms with E-state index in [0.717, 1.165) is 19.3 Å². The van der Waals surface area contributed by atoms with E-state index in [1.807, 2.05) is 0 Å². The highest BCUT2D eigenvalue weighted by Gasteiger charge is 1.92. The molecular formula is C18H32O2. The van der Waals surface area contributed by atoms with Crippen LogP contribution in [-0.4, -0.2) is 12.6 Å². The first-order chi connectivity index (χ1) is 9.77. The first-order valence-electron chi connectivity index (χ1n) is 8.20. The summed E-state index contributed by atoms with van der Waals surface area (Å²) in [5.74, 6) is -0.173. The van der Waals surface area contributed by atoms with Crippen LogP contribution in [0.4, 0.5) is 0 Å². The van der Waals surface area contributed by atoms with E-state index in [-0.39, 0.29) is 5.97 Å². The summed E-state index contributed by atoms with van der Waals surface area (Å²) in [6.07, 6.45) is 21.2. The lowest BCUT2D eigenvalue weighted by Gasteiger charge is -2.00. The molecule has 0 heterocycles. The Morgan fingerprint density at radius 1 is 0.800 bits per heavy atom. The summed E-state index contributed by atoms with van der Waals surface area (Å²) in [5.41, 5.74) is 0. The molecule has 0 aliphatic carbocycles. The Hall–Kier alpha value is -1.05. The normalized spacial score (nSPS) is 11.5. The van der Waals surface area contributed by atoms with Crippen LogP contribution in [0.3, 0.4) is 0 Å². The van der Waals surface area contributed by atoms with Crippen molar-refractivity contribution in [3.05, 3.63) is 24.3 Å². The van der Waals surface area contributed by atoms with E-state index in [9.17, 15) is 4.79 Å². The molecule has 0 spiro atoms. The third-order valence-electron chi connectivity index (χ3n) is 3.12. The first kappa shape index (κ1) is 18.9. The van der Waals surface area contributed by atoms with Gasteiger partial charge in [-0.05, 0) is 51.4 Å². The molecule has 0 aliphatic rings. The second-order valence-corrected chi connectivity index (χ2v) is 5.21. The molecule has 0 fully saturated rings. The van der Waals surface area contributed by atoms with Gasteiger partial charge in [-0.15, -0.1) is 0 Å². The van der Waals surface area contributed by atoms with E-state index >= 15 is 0 Å². The maximum absolute atomic E-state index is 10.5.